The average Bonchev–Trinajstić information content (AvgIpc) is 2.43. The highest BCUT2D eigenvalue weighted by molar-refractivity contribution is 9.10. The van der Waals surface area contributed by atoms with E-state index in [0.29, 0.717) is 15.7 Å². The van der Waals surface area contributed by atoms with Crippen LogP contribution in [0.2, 0.25) is 0 Å². The molecule has 21 heavy (non-hydrogen) atoms. The van der Waals surface area contributed by atoms with Gasteiger partial charge in [0.15, 0.2) is 0 Å². The van der Waals surface area contributed by atoms with E-state index in [0.717, 1.165) is 0 Å². The van der Waals surface area contributed by atoms with Crippen molar-refractivity contribution in [1.29, 1.82) is 0 Å². The number of non-ortho nitro benzene ring substituents is 1. The molecule has 0 aliphatic rings. The van der Waals surface area contributed by atoms with Crippen molar-refractivity contribution in [2.45, 2.75) is 6.92 Å². The third-order valence-corrected chi connectivity index (χ3v) is 3.56. The van der Waals surface area contributed by atoms with Gasteiger partial charge < -0.3 is 10.4 Å². The summed E-state index contributed by atoms with van der Waals surface area (Å²) in [5.74, 6) is -0.445. The first-order valence-corrected chi connectivity index (χ1v) is 6.72. The number of rotatable bonds is 3. The second kappa shape index (κ2) is 5.92. The quantitative estimate of drug-likeness (QED) is 0.652. The van der Waals surface area contributed by atoms with Crippen LogP contribution < -0.4 is 5.32 Å². The maximum atomic E-state index is 12.2. The molecule has 0 heterocycles. The number of phenols is 1. The highest BCUT2D eigenvalue weighted by Crippen LogP contribution is 2.25. The van der Waals surface area contributed by atoms with Gasteiger partial charge in [-0.15, -0.1) is 0 Å². The normalized spacial score (nSPS) is 10.2. The summed E-state index contributed by atoms with van der Waals surface area (Å²) in [6.45, 7) is 1.73. The summed E-state index contributed by atoms with van der Waals surface area (Å²) >= 11 is 3.19. The summed E-state index contributed by atoms with van der Waals surface area (Å²) in [5.41, 5.74) is 1.06. The molecule has 2 N–H and O–H groups in total. The van der Waals surface area contributed by atoms with Crippen LogP contribution in [0.3, 0.4) is 0 Å². The predicted octanol–water partition coefficient (Wildman–Crippen LogP) is 3.62. The summed E-state index contributed by atoms with van der Waals surface area (Å²) < 4.78 is 0.446. The van der Waals surface area contributed by atoms with Crippen LogP contribution in [0.15, 0.2) is 40.9 Å². The minimum absolute atomic E-state index is 0.0610. The number of halogens is 1. The number of benzene rings is 2. The van der Waals surface area contributed by atoms with E-state index in [4.69, 9.17) is 0 Å². The van der Waals surface area contributed by atoms with Gasteiger partial charge in [0.05, 0.1) is 10.5 Å². The van der Waals surface area contributed by atoms with E-state index >= 15 is 0 Å². The number of amides is 1. The second-order valence-electron chi connectivity index (χ2n) is 4.38. The zero-order valence-corrected chi connectivity index (χ0v) is 12.5. The van der Waals surface area contributed by atoms with Gasteiger partial charge in [-0.1, -0.05) is 6.07 Å². The van der Waals surface area contributed by atoms with E-state index in [-0.39, 0.29) is 17.0 Å². The first-order valence-electron chi connectivity index (χ1n) is 5.93. The fourth-order valence-electron chi connectivity index (χ4n) is 1.69. The Balaban J connectivity index is 2.29. The molecule has 108 valence electrons. The molecule has 0 aliphatic heterocycles. The molecule has 0 aromatic heterocycles. The Bertz CT molecular complexity index is 731. The van der Waals surface area contributed by atoms with Crippen molar-refractivity contribution >= 4 is 33.2 Å². The monoisotopic (exact) mass is 350 g/mol. The number of nitrogens with zero attached hydrogens (tertiary/aromatic N) is 1. The fourth-order valence-corrected chi connectivity index (χ4v) is 2.11. The molecule has 1 amide bonds. The molecule has 0 atom stereocenters. The van der Waals surface area contributed by atoms with Crippen LogP contribution in [0, 0.1) is 17.0 Å². The molecule has 0 aliphatic carbocycles. The molecule has 0 saturated heterocycles. The molecule has 2 aromatic rings. The third-order valence-electron chi connectivity index (χ3n) is 2.87. The number of carbonyl (C=O) groups excluding carboxylic acids is 1. The van der Waals surface area contributed by atoms with Crippen LogP contribution in [0.1, 0.15) is 15.9 Å². The predicted molar refractivity (Wildman–Crippen MR) is 81.6 cm³/mol. The lowest BCUT2D eigenvalue weighted by Crippen LogP contribution is -2.13. The molecule has 7 heteroatoms. The van der Waals surface area contributed by atoms with E-state index < -0.39 is 10.8 Å². The molecule has 6 nitrogen and oxygen atoms in total. The number of aromatic hydroxyl groups is 1. The molecular formula is C14H11BrN2O4. The van der Waals surface area contributed by atoms with Crippen molar-refractivity contribution < 1.29 is 14.8 Å². The summed E-state index contributed by atoms with van der Waals surface area (Å²) in [5, 5.41) is 22.9. The van der Waals surface area contributed by atoms with Gasteiger partial charge in [-0.3, -0.25) is 14.9 Å². The lowest BCUT2D eigenvalue weighted by molar-refractivity contribution is -0.384. The van der Waals surface area contributed by atoms with Crippen molar-refractivity contribution in [2.75, 3.05) is 5.32 Å². The van der Waals surface area contributed by atoms with Crippen molar-refractivity contribution in [2.24, 2.45) is 0 Å². The number of hydrogen-bond donors (Lipinski definition) is 2. The van der Waals surface area contributed by atoms with Crippen LogP contribution in [0.5, 0.6) is 5.75 Å². The smallest absolute Gasteiger partial charge is 0.270 e. The molecule has 2 rings (SSSR count). The van der Waals surface area contributed by atoms with Crippen molar-refractivity contribution in [3.63, 3.8) is 0 Å². The maximum absolute atomic E-state index is 12.2. The number of anilines is 1. The van der Waals surface area contributed by atoms with Gasteiger partial charge in [-0.05, 0) is 40.5 Å². The van der Waals surface area contributed by atoms with E-state index in [9.17, 15) is 20.0 Å². The first kappa shape index (κ1) is 15.0. The fraction of sp³-hybridized carbons (Fsp3) is 0.0714. The zero-order valence-electron chi connectivity index (χ0n) is 11.0. The lowest BCUT2D eigenvalue weighted by Gasteiger charge is -2.08. The molecule has 0 saturated carbocycles. The Hall–Kier alpha value is -2.41. The maximum Gasteiger partial charge on any atom is 0.270 e. The molecule has 2 aromatic carbocycles. The van der Waals surface area contributed by atoms with Gasteiger partial charge in [0.2, 0.25) is 0 Å². The van der Waals surface area contributed by atoms with Crippen LogP contribution in [0.4, 0.5) is 11.4 Å². The van der Waals surface area contributed by atoms with Gasteiger partial charge in [0.1, 0.15) is 5.75 Å². The molecule has 0 bridgehead atoms. The molecular weight excluding hydrogens is 340 g/mol. The Morgan fingerprint density at radius 2 is 2.00 bits per heavy atom. The average molecular weight is 351 g/mol. The van der Waals surface area contributed by atoms with Crippen LogP contribution >= 0.6 is 15.9 Å². The number of aryl methyl sites for hydroxylation is 1. The molecule has 0 spiro atoms. The highest BCUT2D eigenvalue weighted by Gasteiger charge is 2.16. The molecule has 0 fully saturated rings. The summed E-state index contributed by atoms with van der Waals surface area (Å²) in [4.78, 5) is 22.3. The third kappa shape index (κ3) is 3.38. The summed E-state index contributed by atoms with van der Waals surface area (Å²) in [6, 6.07) is 8.65. The minimum Gasteiger partial charge on any atom is -0.508 e. The Morgan fingerprint density at radius 3 is 2.62 bits per heavy atom. The second-order valence-corrected chi connectivity index (χ2v) is 5.23. The Morgan fingerprint density at radius 1 is 1.29 bits per heavy atom. The summed E-state index contributed by atoms with van der Waals surface area (Å²) in [6.07, 6.45) is 0. The highest BCUT2D eigenvalue weighted by atomic mass is 79.9. The van der Waals surface area contributed by atoms with Gasteiger partial charge in [-0.2, -0.15) is 0 Å². The first-order chi connectivity index (χ1) is 9.88. The van der Waals surface area contributed by atoms with E-state index in [2.05, 4.69) is 21.2 Å². The minimum atomic E-state index is -0.569. The van der Waals surface area contributed by atoms with E-state index in [1.54, 1.807) is 19.1 Å². The largest absolute Gasteiger partial charge is 0.508 e. The SMILES string of the molecule is Cc1ccc(NC(=O)c2cc([N+](=O)[O-])ccc2Br)cc1O. The number of nitro benzene ring substituents is 1. The topological polar surface area (TPSA) is 92.5 Å². The number of hydrogen-bond acceptors (Lipinski definition) is 4. The number of nitrogens with one attached hydrogen (secondary N) is 1. The molecule has 0 unspecified atom stereocenters. The van der Waals surface area contributed by atoms with Crippen LogP contribution in [0.25, 0.3) is 0 Å². The van der Waals surface area contributed by atoms with Gasteiger partial charge in [0, 0.05) is 28.4 Å². The van der Waals surface area contributed by atoms with E-state index in [1.807, 2.05) is 0 Å². The number of phenolic OH excluding ortho intramolecular Hbond substituents is 1. The standard InChI is InChI=1S/C14H11BrN2O4/c1-8-2-3-9(6-13(8)18)16-14(19)11-7-10(17(20)21)4-5-12(11)15/h2-7,18H,1H3,(H,16,19). The van der Waals surface area contributed by atoms with Crippen LogP contribution in [-0.4, -0.2) is 15.9 Å². The van der Waals surface area contributed by atoms with Gasteiger partial charge in [-0.25, -0.2) is 0 Å². The zero-order chi connectivity index (χ0) is 15.6. The van der Waals surface area contributed by atoms with Crippen molar-refractivity contribution in [3.8, 4) is 5.75 Å². The van der Waals surface area contributed by atoms with Crippen molar-refractivity contribution in [3.05, 3.63) is 62.1 Å². The number of nitro groups is 1. The van der Waals surface area contributed by atoms with Crippen LogP contribution in [-0.2, 0) is 0 Å². The number of carbonyl (C=O) groups is 1. The van der Waals surface area contributed by atoms with Gasteiger partial charge in [0.25, 0.3) is 11.6 Å². The van der Waals surface area contributed by atoms with E-state index in [1.165, 1.54) is 24.3 Å². The Labute approximate surface area is 128 Å². The van der Waals surface area contributed by atoms with Gasteiger partial charge >= 0.3 is 0 Å². The molecule has 0 radical (unpaired) electrons. The lowest BCUT2D eigenvalue weighted by atomic mass is 10.1. The Kier molecular flexibility index (Phi) is 4.23. The summed E-state index contributed by atoms with van der Waals surface area (Å²) in [7, 11) is 0. The van der Waals surface area contributed by atoms with Crippen molar-refractivity contribution in [1.82, 2.24) is 0 Å².